The number of hydrogen-bond acceptors (Lipinski definition) is 2. The fourth-order valence-corrected chi connectivity index (χ4v) is 1.42. The summed E-state index contributed by atoms with van der Waals surface area (Å²) in [6.07, 6.45) is 0. The first-order chi connectivity index (χ1) is 6.81. The summed E-state index contributed by atoms with van der Waals surface area (Å²) in [6.45, 7) is 5.29. The zero-order valence-corrected chi connectivity index (χ0v) is 10.4. The van der Waals surface area contributed by atoms with E-state index in [4.69, 9.17) is 4.74 Å². The van der Waals surface area contributed by atoms with Crippen molar-refractivity contribution < 1.29 is 13.9 Å². The lowest BCUT2D eigenvalue weighted by molar-refractivity contribution is 0.00679. The number of hydrogen-bond donors (Lipinski definition) is 0. The Balaban J connectivity index is 2.97. The molecule has 0 fully saturated rings. The van der Waals surface area contributed by atoms with Crippen LogP contribution in [0.4, 0.5) is 4.39 Å². The first-order valence-corrected chi connectivity index (χ1v) is 5.28. The van der Waals surface area contributed by atoms with Crippen molar-refractivity contribution in [2.45, 2.75) is 26.4 Å². The molecule has 1 aromatic carbocycles. The van der Waals surface area contributed by atoms with Gasteiger partial charge in [0, 0.05) is 0 Å². The van der Waals surface area contributed by atoms with E-state index in [1.165, 1.54) is 18.2 Å². The maximum atomic E-state index is 13.1. The topological polar surface area (TPSA) is 26.3 Å². The largest absolute Gasteiger partial charge is 0.456 e. The third kappa shape index (κ3) is 3.30. The van der Waals surface area contributed by atoms with Gasteiger partial charge in [0.25, 0.3) is 0 Å². The number of halogens is 2. The van der Waals surface area contributed by atoms with Crippen LogP contribution in [0.1, 0.15) is 31.1 Å². The van der Waals surface area contributed by atoms with Gasteiger partial charge in [0.15, 0.2) is 0 Å². The Labute approximate surface area is 96.6 Å². The highest BCUT2D eigenvalue weighted by Gasteiger charge is 2.20. The second-order valence-corrected chi connectivity index (χ2v) is 4.90. The number of esters is 1. The highest BCUT2D eigenvalue weighted by Crippen LogP contribution is 2.22. The molecule has 0 unspecified atom stereocenters. The fraction of sp³-hybridized carbons (Fsp3) is 0.364. The van der Waals surface area contributed by atoms with Crippen LogP contribution in [0.25, 0.3) is 0 Å². The minimum Gasteiger partial charge on any atom is -0.456 e. The van der Waals surface area contributed by atoms with Crippen molar-refractivity contribution in [1.82, 2.24) is 0 Å². The van der Waals surface area contributed by atoms with Crippen LogP contribution in [0.5, 0.6) is 0 Å². The summed E-state index contributed by atoms with van der Waals surface area (Å²) in [7, 11) is 0. The van der Waals surface area contributed by atoms with Gasteiger partial charge in [-0.3, -0.25) is 0 Å². The predicted molar refractivity (Wildman–Crippen MR) is 59.3 cm³/mol. The summed E-state index contributed by atoms with van der Waals surface area (Å²) in [5.74, 6) is -1.01. The highest BCUT2D eigenvalue weighted by atomic mass is 79.9. The van der Waals surface area contributed by atoms with Crippen molar-refractivity contribution >= 4 is 21.9 Å². The van der Waals surface area contributed by atoms with Crippen molar-refractivity contribution in [3.05, 3.63) is 34.1 Å². The summed E-state index contributed by atoms with van der Waals surface area (Å²) in [4.78, 5) is 11.6. The molecule has 0 aliphatic heterocycles. The molecule has 0 saturated carbocycles. The van der Waals surface area contributed by atoms with Crippen LogP contribution in [-0.2, 0) is 4.74 Å². The van der Waals surface area contributed by atoms with Crippen LogP contribution in [0.2, 0.25) is 0 Å². The van der Waals surface area contributed by atoms with Gasteiger partial charge in [-0.25, -0.2) is 9.18 Å². The van der Waals surface area contributed by atoms with E-state index >= 15 is 0 Å². The Kier molecular flexibility index (Phi) is 3.50. The van der Waals surface area contributed by atoms with Crippen molar-refractivity contribution in [3.63, 3.8) is 0 Å². The molecule has 0 aliphatic rings. The van der Waals surface area contributed by atoms with E-state index in [9.17, 15) is 9.18 Å². The Morgan fingerprint density at radius 3 is 2.53 bits per heavy atom. The Morgan fingerprint density at radius 2 is 2.00 bits per heavy atom. The van der Waals surface area contributed by atoms with Crippen molar-refractivity contribution in [1.29, 1.82) is 0 Å². The number of carbonyl (C=O) groups is 1. The molecule has 0 N–H and O–H groups in total. The Morgan fingerprint density at radius 1 is 1.40 bits per heavy atom. The first-order valence-electron chi connectivity index (χ1n) is 4.48. The minimum atomic E-state index is -0.581. The first kappa shape index (κ1) is 12.2. The summed E-state index contributed by atoms with van der Waals surface area (Å²) in [6, 6.07) is 4.26. The van der Waals surface area contributed by atoms with Crippen LogP contribution in [-0.4, -0.2) is 11.6 Å². The van der Waals surface area contributed by atoms with E-state index in [1.54, 1.807) is 20.8 Å². The maximum Gasteiger partial charge on any atom is 0.339 e. The van der Waals surface area contributed by atoms with Crippen LogP contribution in [0.3, 0.4) is 0 Å². The molecule has 1 aromatic rings. The van der Waals surface area contributed by atoms with Crippen LogP contribution in [0, 0.1) is 5.82 Å². The van der Waals surface area contributed by atoms with Gasteiger partial charge in [0.2, 0.25) is 0 Å². The molecular weight excluding hydrogens is 263 g/mol. The summed E-state index contributed by atoms with van der Waals surface area (Å²) >= 11 is 3.01. The average molecular weight is 275 g/mol. The number of rotatable bonds is 1. The summed E-state index contributed by atoms with van der Waals surface area (Å²) in [5.41, 5.74) is -0.382. The standard InChI is InChI=1S/C11H12BrFO2/c1-11(2,3)15-10(14)7-5-4-6-8(13)9(7)12/h4-6H,1-3H3. The summed E-state index contributed by atoms with van der Waals surface area (Å²) in [5, 5.41) is 0. The Hall–Kier alpha value is -0.900. The minimum absolute atomic E-state index is 0.138. The third-order valence-electron chi connectivity index (χ3n) is 1.57. The van der Waals surface area contributed by atoms with E-state index in [2.05, 4.69) is 15.9 Å². The molecule has 1 rings (SSSR count). The molecule has 0 amide bonds. The fourth-order valence-electron chi connectivity index (χ4n) is 0.995. The predicted octanol–water partition coefficient (Wildman–Crippen LogP) is 3.54. The second kappa shape index (κ2) is 4.31. The van der Waals surface area contributed by atoms with E-state index < -0.39 is 17.4 Å². The van der Waals surface area contributed by atoms with Crippen molar-refractivity contribution in [2.75, 3.05) is 0 Å². The Bertz CT molecular complexity index is 383. The van der Waals surface area contributed by atoms with Gasteiger partial charge in [-0.1, -0.05) is 6.07 Å². The van der Waals surface area contributed by atoms with Crippen molar-refractivity contribution in [3.8, 4) is 0 Å². The zero-order chi connectivity index (χ0) is 11.6. The van der Waals surface area contributed by atoms with E-state index in [-0.39, 0.29) is 10.0 Å². The molecule has 0 aromatic heterocycles. The monoisotopic (exact) mass is 274 g/mol. The number of ether oxygens (including phenoxy) is 1. The molecule has 0 bridgehead atoms. The van der Waals surface area contributed by atoms with Crippen LogP contribution >= 0.6 is 15.9 Å². The quantitative estimate of drug-likeness (QED) is 0.733. The van der Waals surface area contributed by atoms with Gasteiger partial charge in [-0.05, 0) is 48.8 Å². The van der Waals surface area contributed by atoms with Crippen molar-refractivity contribution in [2.24, 2.45) is 0 Å². The van der Waals surface area contributed by atoms with E-state index in [0.717, 1.165) is 0 Å². The third-order valence-corrected chi connectivity index (χ3v) is 2.38. The second-order valence-electron chi connectivity index (χ2n) is 4.10. The molecular formula is C11H12BrFO2. The molecule has 0 aliphatic carbocycles. The normalized spacial score (nSPS) is 11.3. The lowest BCUT2D eigenvalue weighted by atomic mass is 10.1. The van der Waals surface area contributed by atoms with Gasteiger partial charge in [-0.15, -0.1) is 0 Å². The van der Waals surface area contributed by atoms with Gasteiger partial charge >= 0.3 is 5.97 Å². The summed E-state index contributed by atoms with van der Waals surface area (Å²) < 4.78 is 18.4. The van der Waals surface area contributed by atoms with Crippen LogP contribution < -0.4 is 0 Å². The SMILES string of the molecule is CC(C)(C)OC(=O)c1cccc(F)c1Br. The lowest BCUT2D eigenvalue weighted by Crippen LogP contribution is -2.24. The zero-order valence-electron chi connectivity index (χ0n) is 8.80. The van der Waals surface area contributed by atoms with Gasteiger partial charge in [-0.2, -0.15) is 0 Å². The molecule has 0 radical (unpaired) electrons. The average Bonchev–Trinajstić information content (AvgIpc) is 2.06. The number of carbonyl (C=O) groups excluding carboxylic acids is 1. The molecule has 0 heterocycles. The lowest BCUT2D eigenvalue weighted by Gasteiger charge is -2.19. The molecule has 82 valence electrons. The molecule has 0 atom stereocenters. The highest BCUT2D eigenvalue weighted by molar-refractivity contribution is 9.10. The molecule has 0 spiro atoms. The molecule has 4 heteroatoms. The molecule has 2 nitrogen and oxygen atoms in total. The smallest absolute Gasteiger partial charge is 0.339 e. The molecule has 15 heavy (non-hydrogen) atoms. The number of benzene rings is 1. The molecule has 0 saturated heterocycles. The van der Waals surface area contributed by atoms with Gasteiger partial charge < -0.3 is 4.74 Å². The van der Waals surface area contributed by atoms with Crippen LogP contribution in [0.15, 0.2) is 22.7 Å². The van der Waals surface area contributed by atoms with Gasteiger partial charge in [0.1, 0.15) is 11.4 Å². The van der Waals surface area contributed by atoms with E-state index in [0.29, 0.717) is 0 Å². The van der Waals surface area contributed by atoms with E-state index in [1.807, 2.05) is 0 Å². The maximum absolute atomic E-state index is 13.1. The van der Waals surface area contributed by atoms with Gasteiger partial charge in [0.05, 0.1) is 10.0 Å².